The standard InChI is InChI=1S/C9H7ClFN/c1-5-2-9-6(3-8(5)11)7(10)4-12-9/h2-4,12H,1H3. The lowest BCUT2D eigenvalue weighted by atomic mass is 10.2. The highest BCUT2D eigenvalue weighted by Gasteiger charge is 2.04. The highest BCUT2D eigenvalue weighted by Crippen LogP contribution is 2.25. The lowest BCUT2D eigenvalue weighted by Crippen LogP contribution is -1.80. The Kier molecular flexibility index (Phi) is 1.58. The number of nitrogens with one attached hydrogen (secondary N) is 1. The predicted octanol–water partition coefficient (Wildman–Crippen LogP) is 3.27. The molecule has 12 heavy (non-hydrogen) atoms. The Balaban J connectivity index is 2.87. The monoisotopic (exact) mass is 183 g/mol. The zero-order chi connectivity index (χ0) is 8.72. The van der Waals surface area contributed by atoms with E-state index in [0.29, 0.717) is 10.6 Å². The van der Waals surface area contributed by atoms with E-state index in [1.54, 1.807) is 19.2 Å². The summed E-state index contributed by atoms with van der Waals surface area (Å²) in [5.74, 6) is -0.219. The second-order valence-electron chi connectivity index (χ2n) is 2.78. The lowest BCUT2D eigenvalue weighted by Gasteiger charge is -1.95. The number of hydrogen-bond acceptors (Lipinski definition) is 0. The lowest BCUT2D eigenvalue weighted by molar-refractivity contribution is 0.620. The van der Waals surface area contributed by atoms with Crippen LogP contribution in [0.25, 0.3) is 10.9 Å². The molecule has 3 heteroatoms. The first kappa shape index (κ1) is 7.62. The summed E-state index contributed by atoms with van der Waals surface area (Å²) in [5, 5.41) is 1.30. The van der Waals surface area contributed by atoms with E-state index in [1.165, 1.54) is 6.07 Å². The number of aryl methyl sites for hydroxylation is 1. The van der Waals surface area contributed by atoms with Crippen molar-refractivity contribution < 1.29 is 4.39 Å². The Labute approximate surface area is 74.2 Å². The van der Waals surface area contributed by atoms with Gasteiger partial charge in [-0.15, -0.1) is 0 Å². The molecule has 0 radical (unpaired) electrons. The van der Waals surface area contributed by atoms with Gasteiger partial charge in [-0.25, -0.2) is 4.39 Å². The van der Waals surface area contributed by atoms with Crippen LogP contribution in [0.4, 0.5) is 4.39 Å². The minimum absolute atomic E-state index is 0.219. The quantitative estimate of drug-likeness (QED) is 0.645. The van der Waals surface area contributed by atoms with Crippen LogP contribution in [0.1, 0.15) is 5.56 Å². The fourth-order valence-electron chi connectivity index (χ4n) is 1.22. The van der Waals surface area contributed by atoms with Crippen molar-refractivity contribution in [2.75, 3.05) is 0 Å². The first-order valence-corrected chi connectivity index (χ1v) is 3.99. The molecule has 2 aromatic rings. The van der Waals surface area contributed by atoms with E-state index in [4.69, 9.17) is 11.6 Å². The van der Waals surface area contributed by atoms with Crippen LogP contribution in [0.3, 0.4) is 0 Å². The average Bonchev–Trinajstić information content (AvgIpc) is 2.35. The van der Waals surface area contributed by atoms with Gasteiger partial charge in [-0.3, -0.25) is 0 Å². The molecule has 0 saturated carbocycles. The van der Waals surface area contributed by atoms with Crippen molar-refractivity contribution in [3.05, 3.63) is 34.7 Å². The van der Waals surface area contributed by atoms with Crippen LogP contribution in [-0.4, -0.2) is 4.98 Å². The summed E-state index contributed by atoms with van der Waals surface area (Å²) in [7, 11) is 0. The molecule has 0 aliphatic heterocycles. The van der Waals surface area contributed by atoms with Gasteiger partial charge < -0.3 is 4.98 Å². The van der Waals surface area contributed by atoms with Crippen LogP contribution >= 0.6 is 11.6 Å². The molecule has 0 spiro atoms. The molecule has 0 bridgehead atoms. The van der Waals surface area contributed by atoms with Crippen molar-refractivity contribution in [1.82, 2.24) is 4.98 Å². The summed E-state index contributed by atoms with van der Waals surface area (Å²) < 4.78 is 13.0. The Morgan fingerprint density at radius 1 is 1.42 bits per heavy atom. The van der Waals surface area contributed by atoms with Crippen molar-refractivity contribution in [2.45, 2.75) is 6.92 Å². The molecule has 2 rings (SSSR count). The van der Waals surface area contributed by atoms with Gasteiger partial charge in [0.25, 0.3) is 0 Å². The molecule has 0 saturated heterocycles. The molecule has 1 heterocycles. The van der Waals surface area contributed by atoms with Gasteiger partial charge in [0.05, 0.1) is 5.02 Å². The zero-order valence-corrected chi connectivity index (χ0v) is 7.24. The van der Waals surface area contributed by atoms with Crippen LogP contribution in [0.15, 0.2) is 18.3 Å². The normalized spacial score (nSPS) is 10.9. The fraction of sp³-hybridized carbons (Fsp3) is 0.111. The topological polar surface area (TPSA) is 15.8 Å². The molecule has 1 nitrogen and oxygen atoms in total. The number of rotatable bonds is 0. The highest BCUT2D eigenvalue weighted by molar-refractivity contribution is 6.35. The van der Waals surface area contributed by atoms with Gasteiger partial charge in [-0.1, -0.05) is 11.6 Å². The van der Waals surface area contributed by atoms with Gasteiger partial charge in [0.1, 0.15) is 5.82 Å². The van der Waals surface area contributed by atoms with Gasteiger partial charge in [0.2, 0.25) is 0 Å². The van der Waals surface area contributed by atoms with Crippen LogP contribution in [-0.2, 0) is 0 Å². The molecule has 62 valence electrons. The molecule has 0 aliphatic carbocycles. The molecule has 0 unspecified atom stereocenters. The Bertz CT molecular complexity index is 433. The van der Waals surface area contributed by atoms with Crippen molar-refractivity contribution in [1.29, 1.82) is 0 Å². The minimum Gasteiger partial charge on any atom is -0.360 e. The van der Waals surface area contributed by atoms with E-state index < -0.39 is 0 Å². The van der Waals surface area contributed by atoms with Crippen molar-refractivity contribution >= 4 is 22.5 Å². The van der Waals surface area contributed by atoms with Crippen LogP contribution in [0.5, 0.6) is 0 Å². The number of halogens is 2. The van der Waals surface area contributed by atoms with Gasteiger partial charge in [-0.2, -0.15) is 0 Å². The van der Waals surface area contributed by atoms with Gasteiger partial charge >= 0.3 is 0 Å². The molecule has 1 aromatic carbocycles. The summed E-state index contributed by atoms with van der Waals surface area (Å²) in [5.41, 5.74) is 1.50. The SMILES string of the molecule is Cc1cc2[nH]cc(Cl)c2cc1F. The smallest absolute Gasteiger partial charge is 0.126 e. The average molecular weight is 184 g/mol. The molecule has 0 amide bonds. The summed E-state index contributed by atoms with van der Waals surface area (Å²) in [6.07, 6.45) is 1.66. The number of H-pyrrole nitrogens is 1. The third-order valence-corrected chi connectivity index (χ3v) is 2.22. The Morgan fingerprint density at radius 2 is 2.17 bits per heavy atom. The Hall–Kier alpha value is -1.02. The molecular formula is C9H7ClFN. The number of fused-ring (bicyclic) bond motifs is 1. The number of aromatic amines is 1. The van der Waals surface area contributed by atoms with Crippen molar-refractivity contribution in [3.8, 4) is 0 Å². The van der Waals surface area contributed by atoms with Crippen molar-refractivity contribution in [3.63, 3.8) is 0 Å². The number of hydrogen-bond donors (Lipinski definition) is 1. The van der Waals surface area contributed by atoms with Gasteiger partial charge in [0.15, 0.2) is 0 Å². The van der Waals surface area contributed by atoms with Gasteiger partial charge in [0, 0.05) is 17.1 Å². The first-order chi connectivity index (χ1) is 5.68. The van der Waals surface area contributed by atoms with E-state index in [-0.39, 0.29) is 5.82 Å². The molecule has 1 aromatic heterocycles. The number of benzene rings is 1. The second kappa shape index (κ2) is 2.49. The fourth-order valence-corrected chi connectivity index (χ4v) is 1.43. The van der Waals surface area contributed by atoms with E-state index >= 15 is 0 Å². The zero-order valence-electron chi connectivity index (χ0n) is 6.49. The van der Waals surface area contributed by atoms with E-state index in [2.05, 4.69) is 4.98 Å². The molecule has 1 N–H and O–H groups in total. The maximum atomic E-state index is 13.0. The third kappa shape index (κ3) is 0.994. The van der Waals surface area contributed by atoms with E-state index in [0.717, 1.165) is 10.9 Å². The van der Waals surface area contributed by atoms with Crippen LogP contribution in [0.2, 0.25) is 5.02 Å². The van der Waals surface area contributed by atoms with Crippen molar-refractivity contribution in [2.24, 2.45) is 0 Å². The Morgan fingerprint density at radius 3 is 2.92 bits per heavy atom. The summed E-state index contributed by atoms with van der Waals surface area (Å²) in [6, 6.07) is 3.19. The minimum atomic E-state index is -0.219. The molecular weight excluding hydrogens is 177 g/mol. The molecule has 0 fully saturated rings. The van der Waals surface area contributed by atoms with Gasteiger partial charge in [-0.05, 0) is 24.6 Å². The summed E-state index contributed by atoms with van der Waals surface area (Å²) in [4.78, 5) is 2.96. The van der Waals surface area contributed by atoms with Crippen LogP contribution in [0, 0.1) is 12.7 Å². The maximum Gasteiger partial charge on any atom is 0.126 e. The summed E-state index contributed by atoms with van der Waals surface area (Å²) in [6.45, 7) is 1.73. The van der Waals surface area contributed by atoms with E-state index in [9.17, 15) is 4.39 Å². The molecule has 0 aliphatic rings. The highest BCUT2D eigenvalue weighted by atomic mass is 35.5. The predicted molar refractivity (Wildman–Crippen MR) is 48.0 cm³/mol. The summed E-state index contributed by atoms with van der Waals surface area (Å²) >= 11 is 5.80. The first-order valence-electron chi connectivity index (χ1n) is 3.61. The second-order valence-corrected chi connectivity index (χ2v) is 3.19. The number of aromatic nitrogens is 1. The molecule has 0 atom stereocenters. The maximum absolute atomic E-state index is 13.0. The van der Waals surface area contributed by atoms with Crippen LogP contribution < -0.4 is 0 Å². The largest absolute Gasteiger partial charge is 0.360 e. The third-order valence-electron chi connectivity index (χ3n) is 1.91. The van der Waals surface area contributed by atoms with E-state index in [1.807, 2.05) is 0 Å².